The van der Waals surface area contributed by atoms with E-state index in [0.29, 0.717) is 12.3 Å². The van der Waals surface area contributed by atoms with Crippen LogP contribution in [0.5, 0.6) is 5.75 Å². The van der Waals surface area contributed by atoms with Crippen molar-refractivity contribution in [3.8, 4) is 5.75 Å². The van der Waals surface area contributed by atoms with Gasteiger partial charge in [-0.3, -0.25) is 14.9 Å². The average Bonchev–Trinajstić information content (AvgIpc) is 2.42. The zero-order valence-corrected chi connectivity index (χ0v) is 10.9. The van der Waals surface area contributed by atoms with Crippen molar-refractivity contribution in [1.82, 2.24) is 10.6 Å². The number of benzene rings is 1. The Morgan fingerprint density at radius 2 is 2.16 bits per heavy atom. The number of nitro benzene ring substituents is 1. The summed E-state index contributed by atoms with van der Waals surface area (Å²) in [6.07, 6.45) is 0.777. The summed E-state index contributed by atoms with van der Waals surface area (Å²) in [5.74, 6) is -0.0617. The van der Waals surface area contributed by atoms with Crippen LogP contribution in [0.25, 0.3) is 0 Å². The first kappa shape index (κ1) is 14.9. The quantitative estimate of drug-likeness (QED) is 0.435. The highest BCUT2D eigenvalue weighted by Crippen LogP contribution is 2.23. The summed E-state index contributed by atoms with van der Waals surface area (Å²) in [5.41, 5.74) is 0.0299. The molecular weight excluding hydrogens is 250 g/mol. The van der Waals surface area contributed by atoms with Crippen LogP contribution >= 0.6 is 0 Å². The maximum Gasteiger partial charge on any atom is 0.270 e. The number of non-ortho nitro benzene ring substituents is 1. The van der Waals surface area contributed by atoms with Gasteiger partial charge in [0.1, 0.15) is 5.75 Å². The van der Waals surface area contributed by atoms with Gasteiger partial charge in [-0.25, -0.2) is 0 Å². The van der Waals surface area contributed by atoms with Crippen LogP contribution in [0.1, 0.15) is 16.8 Å². The number of nitrogens with zero attached hydrogens (tertiary/aromatic N) is 1. The molecule has 0 aliphatic heterocycles. The second kappa shape index (κ2) is 7.32. The minimum Gasteiger partial charge on any atom is -0.496 e. The molecular formula is C12H17N3O4. The van der Waals surface area contributed by atoms with Crippen molar-refractivity contribution in [2.75, 3.05) is 27.2 Å². The van der Waals surface area contributed by atoms with E-state index in [1.165, 1.54) is 25.3 Å². The van der Waals surface area contributed by atoms with Crippen molar-refractivity contribution in [3.63, 3.8) is 0 Å². The van der Waals surface area contributed by atoms with Crippen LogP contribution in [0.2, 0.25) is 0 Å². The zero-order valence-electron chi connectivity index (χ0n) is 10.9. The molecule has 1 amide bonds. The lowest BCUT2D eigenvalue weighted by Gasteiger charge is -2.09. The van der Waals surface area contributed by atoms with Crippen LogP contribution in [0.15, 0.2) is 18.2 Å². The Labute approximate surface area is 111 Å². The molecule has 0 saturated heterocycles. The van der Waals surface area contributed by atoms with E-state index >= 15 is 0 Å². The van der Waals surface area contributed by atoms with Gasteiger partial charge in [-0.05, 0) is 26.1 Å². The summed E-state index contributed by atoms with van der Waals surface area (Å²) < 4.78 is 5.03. The molecule has 7 heteroatoms. The van der Waals surface area contributed by atoms with E-state index in [4.69, 9.17) is 4.74 Å². The second-order valence-electron chi connectivity index (χ2n) is 3.85. The number of rotatable bonds is 7. The van der Waals surface area contributed by atoms with Crippen molar-refractivity contribution >= 4 is 11.6 Å². The number of carbonyl (C=O) groups excluding carboxylic acids is 1. The van der Waals surface area contributed by atoms with Crippen molar-refractivity contribution in [1.29, 1.82) is 0 Å². The third-order valence-electron chi connectivity index (χ3n) is 2.53. The normalized spacial score (nSPS) is 10.0. The predicted octanol–water partition coefficient (Wildman–Crippen LogP) is 0.943. The Bertz CT molecular complexity index is 462. The Balaban J connectivity index is 2.81. The summed E-state index contributed by atoms with van der Waals surface area (Å²) in [7, 11) is 3.24. The van der Waals surface area contributed by atoms with E-state index in [0.717, 1.165) is 13.0 Å². The van der Waals surface area contributed by atoms with Gasteiger partial charge in [-0.15, -0.1) is 0 Å². The van der Waals surface area contributed by atoms with Gasteiger partial charge in [-0.2, -0.15) is 0 Å². The summed E-state index contributed by atoms with van der Waals surface area (Å²) in [5, 5.41) is 16.4. The van der Waals surface area contributed by atoms with Crippen molar-refractivity contribution < 1.29 is 14.5 Å². The number of hydrogen-bond acceptors (Lipinski definition) is 5. The summed E-state index contributed by atoms with van der Waals surface area (Å²) in [4.78, 5) is 22.1. The van der Waals surface area contributed by atoms with Crippen LogP contribution in [0.3, 0.4) is 0 Å². The smallest absolute Gasteiger partial charge is 0.270 e. The standard InChI is InChI=1S/C12H17N3O4/c1-13-6-3-7-14-12(16)10-8-9(15(17)18)4-5-11(10)19-2/h4-5,8,13H,3,6-7H2,1-2H3,(H,14,16). The topological polar surface area (TPSA) is 93.5 Å². The van der Waals surface area contributed by atoms with Gasteiger partial charge in [0.25, 0.3) is 11.6 Å². The summed E-state index contributed by atoms with van der Waals surface area (Å²) in [6.45, 7) is 1.28. The fourth-order valence-electron chi connectivity index (χ4n) is 1.55. The molecule has 7 nitrogen and oxygen atoms in total. The number of ether oxygens (including phenoxy) is 1. The molecule has 1 rings (SSSR count). The third-order valence-corrected chi connectivity index (χ3v) is 2.53. The molecule has 104 valence electrons. The fourth-order valence-corrected chi connectivity index (χ4v) is 1.55. The molecule has 0 aliphatic rings. The minimum atomic E-state index is -0.544. The first-order valence-electron chi connectivity index (χ1n) is 5.85. The van der Waals surface area contributed by atoms with Crippen LogP contribution in [-0.4, -0.2) is 38.1 Å². The lowest BCUT2D eigenvalue weighted by Crippen LogP contribution is -2.27. The molecule has 0 fully saturated rings. The van der Waals surface area contributed by atoms with Crippen LogP contribution < -0.4 is 15.4 Å². The maximum absolute atomic E-state index is 11.9. The van der Waals surface area contributed by atoms with E-state index in [1.807, 2.05) is 7.05 Å². The number of methoxy groups -OCH3 is 1. The van der Waals surface area contributed by atoms with Gasteiger partial charge in [-0.1, -0.05) is 0 Å². The molecule has 19 heavy (non-hydrogen) atoms. The van der Waals surface area contributed by atoms with Gasteiger partial charge in [0.15, 0.2) is 0 Å². The number of hydrogen-bond donors (Lipinski definition) is 2. The SMILES string of the molecule is CNCCCNC(=O)c1cc([N+](=O)[O-])ccc1OC. The van der Waals surface area contributed by atoms with Gasteiger partial charge in [0, 0.05) is 18.7 Å². The molecule has 0 atom stereocenters. The molecule has 2 N–H and O–H groups in total. The van der Waals surface area contributed by atoms with E-state index in [-0.39, 0.29) is 17.2 Å². The Morgan fingerprint density at radius 1 is 1.42 bits per heavy atom. The monoisotopic (exact) mass is 267 g/mol. The highest BCUT2D eigenvalue weighted by Gasteiger charge is 2.16. The molecule has 0 spiro atoms. The van der Waals surface area contributed by atoms with Crippen molar-refractivity contribution in [2.45, 2.75) is 6.42 Å². The largest absolute Gasteiger partial charge is 0.496 e. The molecule has 1 aromatic carbocycles. The predicted molar refractivity (Wildman–Crippen MR) is 70.5 cm³/mol. The number of nitrogens with one attached hydrogen (secondary N) is 2. The molecule has 0 saturated carbocycles. The number of nitro groups is 1. The van der Waals surface area contributed by atoms with Crippen molar-refractivity contribution in [2.24, 2.45) is 0 Å². The molecule has 0 aliphatic carbocycles. The Hall–Kier alpha value is -2.15. The van der Waals surface area contributed by atoms with Crippen molar-refractivity contribution in [3.05, 3.63) is 33.9 Å². The molecule has 0 bridgehead atoms. The maximum atomic E-state index is 11.9. The Morgan fingerprint density at radius 3 is 2.74 bits per heavy atom. The van der Waals surface area contributed by atoms with Crippen LogP contribution in [0, 0.1) is 10.1 Å². The van der Waals surface area contributed by atoms with Crippen LogP contribution in [0.4, 0.5) is 5.69 Å². The van der Waals surface area contributed by atoms with Gasteiger partial charge >= 0.3 is 0 Å². The van der Waals surface area contributed by atoms with Gasteiger partial charge < -0.3 is 15.4 Å². The van der Waals surface area contributed by atoms with E-state index in [2.05, 4.69) is 10.6 Å². The lowest BCUT2D eigenvalue weighted by atomic mass is 10.1. The lowest BCUT2D eigenvalue weighted by molar-refractivity contribution is -0.384. The first-order chi connectivity index (χ1) is 9.10. The summed E-state index contributed by atoms with van der Waals surface area (Å²) >= 11 is 0. The second-order valence-corrected chi connectivity index (χ2v) is 3.85. The van der Waals surface area contributed by atoms with E-state index in [1.54, 1.807) is 0 Å². The molecule has 0 aromatic heterocycles. The zero-order chi connectivity index (χ0) is 14.3. The average molecular weight is 267 g/mol. The highest BCUT2D eigenvalue weighted by molar-refractivity contribution is 5.97. The van der Waals surface area contributed by atoms with Crippen LogP contribution in [-0.2, 0) is 0 Å². The van der Waals surface area contributed by atoms with Gasteiger partial charge in [0.2, 0.25) is 0 Å². The molecule has 0 heterocycles. The minimum absolute atomic E-state index is 0.138. The summed E-state index contributed by atoms with van der Waals surface area (Å²) in [6, 6.07) is 3.93. The molecule has 1 aromatic rings. The molecule has 0 radical (unpaired) electrons. The third kappa shape index (κ3) is 4.22. The Kier molecular flexibility index (Phi) is 5.74. The van der Waals surface area contributed by atoms with Gasteiger partial charge in [0.05, 0.1) is 17.6 Å². The molecule has 0 unspecified atom stereocenters. The van der Waals surface area contributed by atoms with E-state index in [9.17, 15) is 14.9 Å². The number of amides is 1. The first-order valence-corrected chi connectivity index (χ1v) is 5.85. The number of carbonyl (C=O) groups is 1. The van der Waals surface area contributed by atoms with E-state index < -0.39 is 4.92 Å². The highest BCUT2D eigenvalue weighted by atomic mass is 16.6. The fraction of sp³-hybridized carbons (Fsp3) is 0.417.